The number of H-pyrrole nitrogens is 1. The maximum absolute atomic E-state index is 13.3. The number of nitrogens with two attached hydrogens (primary N) is 1. The van der Waals surface area contributed by atoms with Gasteiger partial charge in [-0.2, -0.15) is 0 Å². The van der Waals surface area contributed by atoms with Crippen LogP contribution in [0.3, 0.4) is 0 Å². The van der Waals surface area contributed by atoms with E-state index in [4.69, 9.17) is 11.1 Å². The fraction of sp³-hybridized carbons (Fsp3) is 0.192. The van der Waals surface area contributed by atoms with Crippen LogP contribution in [-0.2, 0) is 0 Å². The minimum Gasteiger partial charge on any atom is -0.507 e. The van der Waals surface area contributed by atoms with Crippen LogP contribution in [0.15, 0.2) is 48.5 Å². The first kappa shape index (κ1) is 24.7. The van der Waals surface area contributed by atoms with Gasteiger partial charge in [0.1, 0.15) is 23.2 Å². The van der Waals surface area contributed by atoms with Crippen LogP contribution >= 0.6 is 0 Å². The number of amides is 1. The molecule has 0 aliphatic heterocycles. The fourth-order valence-electron chi connectivity index (χ4n) is 4.05. The number of aliphatic hydroxyl groups is 2. The zero-order chi connectivity index (χ0) is 26.0. The van der Waals surface area contributed by atoms with Crippen LogP contribution in [0, 0.1) is 12.3 Å². The first-order valence-corrected chi connectivity index (χ1v) is 11.3. The Hall–Kier alpha value is -4.41. The summed E-state index contributed by atoms with van der Waals surface area (Å²) in [6.07, 6.45) is 0. The first-order chi connectivity index (χ1) is 17.2. The average Bonchev–Trinajstić information content (AvgIpc) is 3.28. The summed E-state index contributed by atoms with van der Waals surface area (Å²) in [7, 11) is 0. The molecule has 3 aromatic carbocycles. The molecule has 0 spiro atoms. The zero-order valence-electron chi connectivity index (χ0n) is 19.6. The molecule has 0 atom stereocenters. The zero-order valence-corrected chi connectivity index (χ0v) is 19.6. The number of carbonyl (C=O) groups is 1. The third-order valence-electron chi connectivity index (χ3n) is 5.87. The molecule has 0 aliphatic carbocycles. The average molecular weight is 490 g/mol. The number of nitrogens with one attached hydrogen (secondary N) is 2. The maximum Gasteiger partial charge on any atom is 0.254 e. The molecule has 0 aliphatic rings. The number of nitrogen functional groups attached to an aromatic ring is 1. The number of aromatic hydroxyl groups is 2. The number of aromatic amines is 1. The van der Waals surface area contributed by atoms with Crippen molar-refractivity contribution in [3.05, 3.63) is 65.2 Å². The number of aliphatic hydroxyl groups excluding tert-OH is 2. The summed E-state index contributed by atoms with van der Waals surface area (Å²) in [5.41, 5.74) is 9.01. The molecule has 1 amide bonds. The Labute approximate surface area is 206 Å². The lowest BCUT2D eigenvalue weighted by Gasteiger charge is -2.22. The number of aromatic nitrogens is 2. The smallest absolute Gasteiger partial charge is 0.254 e. The standard InChI is InChI=1S/C26H27N5O5/c1-14-2-5-22(34)17(10-14)18-11-16(26(36)31(6-8-32)7-9-33)12-19(23(18)35)25-29-20-4-3-15(24(27)28)13-21(20)30-25/h2-5,10-13,32-35H,6-9H2,1H3,(H3,27,28)(H,29,30). The summed E-state index contributed by atoms with van der Waals surface area (Å²) in [6, 6.07) is 12.9. The number of hydrogen-bond donors (Lipinski definition) is 7. The lowest BCUT2D eigenvalue weighted by molar-refractivity contribution is 0.0685. The molecule has 0 saturated carbocycles. The summed E-state index contributed by atoms with van der Waals surface area (Å²) in [5.74, 6) is -0.586. The number of carbonyl (C=O) groups excluding carboxylic acids is 1. The number of aryl methyl sites for hydroxylation is 1. The largest absolute Gasteiger partial charge is 0.507 e. The second-order valence-electron chi connectivity index (χ2n) is 8.41. The second kappa shape index (κ2) is 10.1. The van der Waals surface area contributed by atoms with Crippen LogP contribution in [-0.4, -0.2) is 73.3 Å². The third-order valence-corrected chi connectivity index (χ3v) is 5.87. The van der Waals surface area contributed by atoms with E-state index in [-0.39, 0.29) is 66.2 Å². The summed E-state index contributed by atoms with van der Waals surface area (Å²) >= 11 is 0. The monoisotopic (exact) mass is 489 g/mol. The second-order valence-corrected chi connectivity index (χ2v) is 8.41. The van der Waals surface area contributed by atoms with Gasteiger partial charge in [0, 0.05) is 35.3 Å². The summed E-state index contributed by atoms with van der Waals surface area (Å²) in [5, 5.41) is 48.3. The van der Waals surface area contributed by atoms with Gasteiger partial charge in [0.15, 0.2) is 0 Å². The Kier molecular flexibility index (Phi) is 6.91. The van der Waals surface area contributed by atoms with Gasteiger partial charge in [0.25, 0.3) is 5.91 Å². The van der Waals surface area contributed by atoms with Crippen molar-refractivity contribution in [2.75, 3.05) is 26.3 Å². The van der Waals surface area contributed by atoms with E-state index in [1.807, 2.05) is 6.92 Å². The molecule has 0 unspecified atom stereocenters. The van der Waals surface area contributed by atoms with E-state index in [2.05, 4.69) is 9.97 Å². The highest BCUT2D eigenvalue weighted by atomic mass is 16.3. The molecule has 8 N–H and O–H groups in total. The van der Waals surface area contributed by atoms with E-state index in [1.165, 1.54) is 23.1 Å². The van der Waals surface area contributed by atoms with Crippen LogP contribution in [0.4, 0.5) is 0 Å². The Morgan fingerprint density at radius 2 is 1.67 bits per heavy atom. The van der Waals surface area contributed by atoms with Crippen molar-refractivity contribution in [2.45, 2.75) is 6.92 Å². The van der Waals surface area contributed by atoms with Gasteiger partial charge in [0.05, 0.1) is 29.8 Å². The van der Waals surface area contributed by atoms with Gasteiger partial charge in [-0.3, -0.25) is 10.2 Å². The van der Waals surface area contributed by atoms with Crippen LogP contribution < -0.4 is 5.73 Å². The van der Waals surface area contributed by atoms with Gasteiger partial charge < -0.3 is 36.0 Å². The molecule has 0 radical (unpaired) electrons. The molecule has 1 heterocycles. The lowest BCUT2D eigenvalue weighted by Crippen LogP contribution is -2.35. The molecule has 36 heavy (non-hydrogen) atoms. The van der Waals surface area contributed by atoms with E-state index in [0.29, 0.717) is 22.2 Å². The van der Waals surface area contributed by atoms with Gasteiger partial charge in [0.2, 0.25) is 0 Å². The number of phenolic OH excluding ortho intramolecular Hbond substituents is 2. The van der Waals surface area contributed by atoms with Crippen LogP contribution in [0.25, 0.3) is 33.5 Å². The highest BCUT2D eigenvalue weighted by Gasteiger charge is 2.23. The van der Waals surface area contributed by atoms with Crippen LogP contribution in [0.1, 0.15) is 21.5 Å². The molecular formula is C26H27N5O5. The Morgan fingerprint density at radius 3 is 2.33 bits per heavy atom. The van der Waals surface area contributed by atoms with Gasteiger partial charge in [-0.25, -0.2) is 4.98 Å². The maximum atomic E-state index is 13.3. The molecule has 4 rings (SSSR count). The van der Waals surface area contributed by atoms with Gasteiger partial charge in [-0.15, -0.1) is 0 Å². The Bertz CT molecular complexity index is 1460. The molecule has 1 aromatic heterocycles. The molecular weight excluding hydrogens is 462 g/mol. The number of rotatable bonds is 8. The van der Waals surface area contributed by atoms with Crippen molar-refractivity contribution in [2.24, 2.45) is 5.73 Å². The number of benzene rings is 3. The minimum atomic E-state index is -0.470. The van der Waals surface area contributed by atoms with Crippen molar-refractivity contribution in [3.8, 4) is 34.0 Å². The van der Waals surface area contributed by atoms with Crippen molar-refractivity contribution in [3.63, 3.8) is 0 Å². The number of imidazole rings is 1. The molecule has 10 nitrogen and oxygen atoms in total. The lowest BCUT2D eigenvalue weighted by atomic mass is 9.95. The molecule has 0 saturated heterocycles. The number of phenols is 2. The molecule has 186 valence electrons. The number of hydrogen-bond acceptors (Lipinski definition) is 7. The van der Waals surface area contributed by atoms with E-state index < -0.39 is 5.91 Å². The summed E-state index contributed by atoms with van der Waals surface area (Å²) < 4.78 is 0. The quantitative estimate of drug-likeness (QED) is 0.146. The van der Waals surface area contributed by atoms with E-state index in [0.717, 1.165) is 5.56 Å². The van der Waals surface area contributed by atoms with E-state index in [1.54, 1.807) is 30.3 Å². The first-order valence-electron chi connectivity index (χ1n) is 11.3. The number of nitrogens with zero attached hydrogens (tertiary/aromatic N) is 2. The van der Waals surface area contributed by atoms with Crippen molar-refractivity contribution >= 4 is 22.8 Å². The van der Waals surface area contributed by atoms with Crippen molar-refractivity contribution in [1.29, 1.82) is 5.41 Å². The molecule has 4 aromatic rings. The highest BCUT2D eigenvalue weighted by Crippen LogP contribution is 2.42. The molecule has 0 bridgehead atoms. The number of amidine groups is 1. The SMILES string of the molecule is Cc1ccc(O)c(-c2cc(C(=O)N(CCO)CCO)cc(-c3nc4ccc(C(=N)N)cc4[nH]3)c2O)c1. The Morgan fingerprint density at radius 1 is 0.972 bits per heavy atom. The minimum absolute atomic E-state index is 0.0130. The number of fused-ring (bicyclic) bond motifs is 1. The van der Waals surface area contributed by atoms with Gasteiger partial charge in [-0.1, -0.05) is 11.6 Å². The molecule has 10 heteroatoms. The summed E-state index contributed by atoms with van der Waals surface area (Å²) in [4.78, 5) is 22.3. The highest BCUT2D eigenvalue weighted by molar-refractivity contribution is 6.00. The normalized spacial score (nSPS) is 11.1. The Balaban J connectivity index is 1.94. The predicted molar refractivity (Wildman–Crippen MR) is 136 cm³/mol. The van der Waals surface area contributed by atoms with Crippen LogP contribution in [0.5, 0.6) is 11.5 Å². The van der Waals surface area contributed by atoms with Gasteiger partial charge >= 0.3 is 0 Å². The van der Waals surface area contributed by atoms with Crippen molar-refractivity contribution < 1.29 is 25.2 Å². The summed E-state index contributed by atoms with van der Waals surface area (Å²) in [6.45, 7) is 1.29. The van der Waals surface area contributed by atoms with Crippen LogP contribution in [0.2, 0.25) is 0 Å². The topological polar surface area (TPSA) is 180 Å². The van der Waals surface area contributed by atoms with E-state index >= 15 is 0 Å². The van der Waals surface area contributed by atoms with Gasteiger partial charge in [-0.05, 0) is 49.4 Å². The predicted octanol–water partition coefficient (Wildman–Crippen LogP) is 2.33. The van der Waals surface area contributed by atoms with E-state index in [9.17, 15) is 25.2 Å². The third kappa shape index (κ3) is 4.72. The molecule has 0 fully saturated rings. The fourth-order valence-corrected chi connectivity index (χ4v) is 4.05. The van der Waals surface area contributed by atoms with Crippen molar-refractivity contribution in [1.82, 2.24) is 14.9 Å².